The Hall–Kier alpha value is -16.2. The van der Waals surface area contributed by atoms with Crippen molar-refractivity contribution in [2.75, 3.05) is 15.1 Å². The molecule has 0 bridgehead atoms. The van der Waals surface area contributed by atoms with Gasteiger partial charge in [0.2, 0.25) is 0 Å². The monoisotopic (exact) mass is 1860 g/mol. The number of rotatable bonds is 10. The summed E-state index contributed by atoms with van der Waals surface area (Å²) in [6.45, 7) is 28.6. The Labute approximate surface area is 802 Å². The topological polar surface area (TPSA) is 154 Å². The Morgan fingerprint density at radius 2 is 0.564 bits per heavy atom. The van der Waals surface area contributed by atoms with E-state index in [1.165, 1.54) is 51.4 Å². The number of furan rings is 7. The van der Waals surface area contributed by atoms with E-state index in [1.54, 1.807) is 6.07 Å². The first-order chi connectivity index (χ1) is 67.2. The van der Waals surface area contributed by atoms with Crippen LogP contribution in [0.15, 0.2) is 359 Å². The van der Waals surface area contributed by atoms with Gasteiger partial charge in [0.15, 0.2) is 16.7 Å². The van der Waals surface area contributed by atoms with Crippen LogP contribution in [0.1, 0.15) is 101 Å². The Morgan fingerprint density at radius 1 is 0.257 bits per heavy atom. The van der Waals surface area contributed by atoms with Crippen molar-refractivity contribution in [1.29, 1.82) is 0 Å². The summed E-state index contributed by atoms with van der Waals surface area (Å²) in [5, 5.41) is 25.7. The number of aryl methyl sites for hydroxylation is 4. The van der Waals surface area contributed by atoms with Gasteiger partial charge in [-0.2, -0.15) is 21.6 Å². The van der Waals surface area contributed by atoms with Gasteiger partial charge in [0, 0.05) is 121 Å². The molecule has 0 amide bonds. The first-order valence-corrected chi connectivity index (χ1v) is 48.4. The van der Waals surface area contributed by atoms with Gasteiger partial charge in [-0.1, -0.05) is 250 Å². The normalized spacial score (nSPS) is 12.6. The van der Waals surface area contributed by atoms with E-state index in [1.807, 2.05) is 37.3 Å². The third-order valence-electron chi connectivity index (χ3n) is 27.6. The van der Waals surface area contributed by atoms with Gasteiger partial charge in [-0.05, 0) is 249 Å². The lowest BCUT2D eigenvalue weighted by atomic mass is 9.86. The molecule has 0 fully saturated rings. The standard InChI is InChI=1S/C72H56N2O4.C28H15F3O5S.C23H23NO/c1-41-17-9-11-25-59(41)73(61-27-15-21-51-49-19-13-23-57(71(3,4)5)67(49)77-69(51)61)47-31-29-43-35-53-55-39-66-56(40-65(55)75-63(53)37-45(43)33-47)54-36-44-30-32-48(34-46(44)38-64(54)76-66)74(60-26-12-10-18-42(60)2)62-28-16-22-52-50-20-14-24-58(72(6,7)8)68(50)78-70(52)62;1-14-2-3-15-8-20-22-12-27-23(13-26(22)34-24(20)10-17(15)6-14)21-9-16-4-5-19(7-18(16)11-25(21)35-27)36-37(32,33)28(29,30)31;1-15-9-5-6-13-19(15)24-20-14-8-11-17-16-10-7-12-18(23(2,3)4)21(16)25-22(17)20/h9-40H,1-8H3;2-13H,1H3;5-14,24H,1-4H3. The fourth-order valence-electron chi connectivity index (χ4n) is 20.6. The Bertz CT molecular complexity index is 9510. The Morgan fingerprint density at radius 3 is 0.957 bits per heavy atom. The van der Waals surface area contributed by atoms with Crippen molar-refractivity contribution in [3.63, 3.8) is 0 Å². The molecule has 19 aromatic carbocycles. The van der Waals surface area contributed by atoms with E-state index < -0.39 is 21.4 Å². The minimum atomic E-state index is -5.77. The smallest absolute Gasteiger partial charge is 0.456 e. The van der Waals surface area contributed by atoms with Crippen molar-refractivity contribution in [1.82, 2.24) is 0 Å². The van der Waals surface area contributed by atoms with Crippen LogP contribution in [0.25, 0.3) is 197 Å². The molecular weight excluding hydrogens is 1770 g/mol. The number of hydrogen-bond acceptors (Lipinski definition) is 13. The van der Waals surface area contributed by atoms with Crippen LogP contribution in [0.3, 0.4) is 0 Å². The summed E-state index contributed by atoms with van der Waals surface area (Å²) in [6.07, 6.45) is 0. The van der Waals surface area contributed by atoms with Gasteiger partial charge in [0.25, 0.3) is 0 Å². The van der Waals surface area contributed by atoms with E-state index in [-0.39, 0.29) is 16.2 Å². The van der Waals surface area contributed by atoms with Crippen LogP contribution >= 0.6 is 0 Å². The van der Waals surface area contributed by atoms with Gasteiger partial charge >= 0.3 is 15.6 Å². The van der Waals surface area contributed by atoms with Crippen molar-refractivity contribution in [3.8, 4) is 5.75 Å². The summed E-state index contributed by atoms with van der Waals surface area (Å²) in [6, 6.07) is 112. The largest absolute Gasteiger partial charge is 0.534 e. The minimum absolute atomic E-state index is 0.0387. The number of nitrogens with zero attached hydrogens (tertiary/aromatic N) is 2. The molecule has 13 nitrogen and oxygen atoms in total. The minimum Gasteiger partial charge on any atom is -0.456 e. The number of nitrogens with one attached hydrogen (secondary N) is 1. The zero-order valence-corrected chi connectivity index (χ0v) is 80.0. The second-order valence-corrected chi connectivity index (χ2v) is 41.7. The van der Waals surface area contributed by atoms with Gasteiger partial charge in [-0.25, -0.2) is 0 Å². The summed E-state index contributed by atoms with van der Waals surface area (Å²) in [5.41, 5.74) is 22.4. The molecule has 7 aromatic heterocycles. The molecule has 140 heavy (non-hydrogen) atoms. The predicted molar refractivity (Wildman–Crippen MR) is 570 cm³/mol. The third-order valence-corrected chi connectivity index (χ3v) is 28.6. The zero-order chi connectivity index (χ0) is 96.2. The van der Waals surface area contributed by atoms with Gasteiger partial charge in [-0.15, -0.1) is 0 Å². The van der Waals surface area contributed by atoms with E-state index in [0.29, 0.717) is 27.5 Å². The average Bonchev–Trinajstić information content (AvgIpc) is 1.58. The van der Waals surface area contributed by atoms with E-state index >= 15 is 0 Å². The van der Waals surface area contributed by atoms with Crippen LogP contribution in [0.2, 0.25) is 0 Å². The number of hydrogen-bond donors (Lipinski definition) is 1. The molecule has 0 atom stereocenters. The fraction of sp³-hybridized carbons (Fsp3) is 0.138. The lowest BCUT2D eigenvalue weighted by Gasteiger charge is -2.27. The molecule has 0 aliphatic rings. The van der Waals surface area contributed by atoms with Crippen molar-refractivity contribution in [2.24, 2.45) is 0 Å². The van der Waals surface area contributed by atoms with Crippen molar-refractivity contribution >= 4 is 252 Å². The average molecular weight is 1860 g/mol. The summed E-state index contributed by atoms with van der Waals surface area (Å²) >= 11 is 0. The summed E-state index contributed by atoms with van der Waals surface area (Å²) in [4.78, 5) is 4.68. The lowest BCUT2D eigenvalue weighted by Crippen LogP contribution is -2.28. The maximum atomic E-state index is 12.7. The Kier molecular flexibility index (Phi) is 19.7. The fourth-order valence-corrected chi connectivity index (χ4v) is 21.0. The van der Waals surface area contributed by atoms with E-state index in [0.717, 1.165) is 220 Å². The highest BCUT2D eigenvalue weighted by Gasteiger charge is 2.49. The molecule has 26 rings (SSSR count). The molecule has 1 N–H and O–H groups in total. The van der Waals surface area contributed by atoms with Crippen LogP contribution in [0.5, 0.6) is 5.75 Å². The van der Waals surface area contributed by atoms with Crippen molar-refractivity contribution in [3.05, 3.63) is 367 Å². The number of halogens is 3. The molecule has 26 aromatic rings. The lowest BCUT2D eigenvalue weighted by molar-refractivity contribution is -0.0500. The number of anilines is 8. The van der Waals surface area contributed by atoms with Crippen molar-refractivity contribution < 1.29 is 56.7 Å². The summed E-state index contributed by atoms with van der Waals surface area (Å²) in [7, 11) is -5.77. The number of alkyl halides is 3. The summed E-state index contributed by atoms with van der Waals surface area (Å²) < 4.78 is 111. The molecule has 0 aliphatic heterocycles. The van der Waals surface area contributed by atoms with Gasteiger partial charge in [0.05, 0.1) is 17.1 Å². The first kappa shape index (κ1) is 86.6. The SMILES string of the molecule is Cc1ccc2cc3c(cc2c1)oc1cc2c(cc13)oc1cc3cc(OS(=O)(=O)C(F)(F)F)ccc3cc12.Cc1ccccc1N(c1ccc2cc3c(cc2c1)oc1cc2c(cc13)oc1cc3cc(N(c4ccccc4C)c4cccc5c4oc4c(C(C)(C)C)cccc45)ccc3cc12)c1cccc2c1oc1c(C(C)(C)C)cccc12.Cc1ccccc1Nc1cccc2c1oc1c(C(C)(C)C)cccc12. The second-order valence-electron chi connectivity index (χ2n) is 40.2. The molecule has 0 spiro atoms. The van der Waals surface area contributed by atoms with Crippen LogP contribution in [-0.4, -0.2) is 13.9 Å². The van der Waals surface area contributed by atoms with Gasteiger partial charge in [0.1, 0.15) is 67.2 Å². The quantitative estimate of drug-likeness (QED) is 0.102. The van der Waals surface area contributed by atoms with Crippen LogP contribution in [0, 0.1) is 27.7 Å². The number of benzene rings is 19. The highest BCUT2D eigenvalue weighted by atomic mass is 32.2. The molecule has 0 unspecified atom stereocenters. The zero-order valence-electron chi connectivity index (χ0n) is 79.2. The molecule has 17 heteroatoms. The molecule has 0 aliphatic carbocycles. The maximum Gasteiger partial charge on any atom is 0.534 e. The number of para-hydroxylation sites is 9. The molecule has 0 saturated heterocycles. The predicted octanol–water partition coefficient (Wildman–Crippen LogP) is 37.0. The van der Waals surface area contributed by atoms with Gasteiger partial charge in [-0.3, -0.25) is 0 Å². The van der Waals surface area contributed by atoms with Crippen LogP contribution < -0.4 is 19.3 Å². The van der Waals surface area contributed by atoms with Crippen molar-refractivity contribution in [2.45, 2.75) is 112 Å². The van der Waals surface area contributed by atoms with Crippen LogP contribution in [0.4, 0.5) is 58.7 Å². The molecule has 0 radical (unpaired) electrons. The molecule has 688 valence electrons. The Balaban J connectivity index is 0.000000140. The highest BCUT2D eigenvalue weighted by molar-refractivity contribution is 7.88. The summed E-state index contributed by atoms with van der Waals surface area (Å²) in [5.74, 6) is -0.438. The number of fused-ring (bicyclic) bond motifs is 25. The maximum absolute atomic E-state index is 12.7. The van der Waals surface area contributed by atoms with E-state index in [4.69, 9.17) is 30.9 Å². The molecular formula is C123H94F3N3O10S. The van der Waals surface area contributed by atoms with E-state index in [9.17, 15) is 21.6 Å². The van der Waals surface area contributed by atoms with Gasteiger partial charge < -0.3 is 50.2 Å². The highest BCUT2D eigenvalue weighted by Crippen LogP contribution is 2.52. The first-order valence-electron chi connectivity index (χ1n) is 47.0. The second kappa shape index (κ2) is 31.9. The molecule has 7 heterocycles. The molecule has 0 saturated carbocycles. The third kappa shape index (κ3) is 14.6. The van der Waals surface area contributed by atoms with Crippen LogP contribution in [-0.2, 0) is 26.4 Å². The van der Waals surface area contributed by atoms with E-state index in [2.05, 4.69) is 375 Å².